The molecule has 0 radical (unpaired) electrons. The maximum Gasteiger partial charge on any atom is 0.327 e. The highest BCUT2D eigenvalue weighted by Crippen LogP contribution is 2.00. The zero-order valence-corrected chi connectivity index (χ0v) is 68.4. The zero-order chi connectivity index (χ0) is 74.6. The first-order chi connectivity index (χ1) is 43.1. The Kier molecular flexibility index (Phi) is 131. The van der Waals surface area contributed by atoms with E-state index in [1.54, 1.807) is 107 Å². The van der Waals surface area contributed by atoms with Crippen molar-refractivity contribution in [3.63, 3.8) is 0 Å². The molecule has 8 heterocycles. The van der Waals surface area contributed by atoms with E-state index in [1.165, 1.54) is 9.13 Å². The van der Waals surface area contributed by atoms with Crippen LogP contribution in [0, 0.1) is 29.6 Å². The number of hydrogen-bond donors (Lipinski definition) is 0. The lowest BCUT2D eigenvalue weighted by molar-refractivity contribution is -0.491. The first kappa shape index (κ1) is 116. The molecule has 0 spiro atoms. The van der Waals surface area contributed by atoms with Gasteiger partial charge in [-0.1, -0.05) is 225 Å². The Hall–Kier alpha value is -6.10. The summed E-state index contributed by atoms with van der Waals surface area (Å²) in [6, 6.07) is 11.0. The van der Waals surface area contributed by atoms with Gasteiger partial charge in [-0.2, -0.15) is 15.3 Å². The van der Waals surface area contributed by atoms with Crippen LogP contribution in [-0.4, -0.2) is 81.3 Å². The number of hydrogen-bond acceptors (Lipinski definition) is 10. The summed E-state index contributed by atoms with van der Waals surface area (Å²) in [5.74, 6) is 4.17. The summed E-state index contributed by atoms with van der Waals surface area (Å²) < 4.78 is 12.4. The second kappa shape index (κ2) is 103. The average Bonchev–Trinajstić information content (AvgIpc) is 4.51. The van der Waals surface area contributed by atoms with Crippen molar-refractivity contribution in [1.29, 1.82) is 0 Å². The second-order valence-corrected chi connectivity index (χ2v) is 21.5. The zero-order valence-electron chi connectivity index (χ0n) is 67.6. The molecule has 538 valence electrons. The molecule has 0 bridgehead atoms. The molecule has 0 saturated heterocycles. The van der Waals surface area contributed by atoms with E-state index in [9.17, 15) is 4.79 Å². The van der Waals surface area contributed by atoms with Gasteiger partial charge in [-0.3, -0.25) is 24.0 Å². The Morgan fingerprint density at radius 1 is 0.407 bits per heavy atom. The molecule has 0 aromatic carbocycles. The van der Waals surface area contributed by atoms with Gasteiger partial charge < -0.3 is 13.7 Å². The molecule has 0 saturated carbocycles. The molecular formula is C74H156N15OS+. The van der Waals surface area contributed by atoms with Gasteiger partial charge in [-0.25, -0.2) is 14.8 Å². The van der Waals surface area contributed by atoms with Crippen LogP contribution >= 0.6 is 11.3 Å². The molecule has 0 aliphatic carbocycles. The van der Waals surface area contributed by atoms with Gasteiger partial charge in [-0.15, -0.1) is 11.3 Å². The number of pyridine rings is 1. The van der Waals surface area contributed by atoms with Gasteiger partial charge in [0.25, 0.3) is 0 Å². The number of aromatic nitrogens is 13. The van der Waals surface area contributed by atoms with Gasteiger partial charge in [0.2, 0.25) is 0 Å². The molecule has 16 nitrogen and oxygen atoms in total. The van der Waals surface area contributed by atoms with Crippen LogP contribution in [0.25, 0.3) is 0 Å². The van der Waals surface area contributed by atoms with Crippen LogP contribution < -0.4 is 5.69 Å². The largest absolute Gasteiger partial charge is 0.335 e. The molecule has 0 atom stereocenters. The first-order valence-electron chi connectivity index (χ1n) is 34.2. The Balaban J connectivity index is -0.0000000651. The van der Waals surface area contributed by atoms with Gasteiger partial charge >= 0.3 is 5.69 Å². The normalized spacial score (nSPS) is 8.87. The molecule has 8 rings (SSSR count). The summed E-state index contributed by atoms with van der Waals surface area (Å²) in [4.78, 5) is 25.9. The fraction of sp³-hybridized carbons (Fsp3) is 0.676. The van der Waals surface area contributed by atoms with E-state index < -0.39 is 0 Å². The van der Waals surface area contributed by atoms with E-state index in [4.69, 9.17) is 0 Å². The summed E-state index contributed by atoms with van der Waals surface area (Å²) in [6.45, 7) is 77.9. The van der Waals surface area contributed by atoms with Crippen LogP contribution in [0.15, 0.2) is 151 Å². The van der Waals surface area contributed by atoms with Crippen molar-refractivity contribution in [1.82, 2.24) is 63.0 Å². The first-order valence-corrected chi connectivity index (χ1v) is 35.2. The van der Waals surface area contributed by atoms with E-state index in [0.717, 1.165) is 36.1 Å². The number of azo groups is 2. The summed E-state index contributed by atoms with van der Waals surface area (Å²) in [5, 5.41) is 17.7. The third-order valence-electron chi connectivity index (χ3n) is 6.54. The van der Waals surface area contributed by atoms with Crippen molar-refractivity contribution in [2.24, 2.45) is 55.8 Å². The van der Waals surface area contributed by atoms with Gasteiger partial charge in [0.15, 0.2) is 13.2 Å². The van der Waals surface area contributed by atoms with E-state index in [2.05, 4.69) is 190 Å². The van der Waals surface area contributed by atoms with Crippen molar-refractivity contribution < 1.29 is 4.70 Å². The Bertz CT molecular complexity index is 1960. The number of aryl methyl sites for hydroxylation is 3. The molecule has 1 aliphatic rings. The van der Waals surface area contributed by atoms with Gasteiger partial charge in [-0.05, 0) is 101 Å². The van der Waals surface area contributed by atoms with Gasteiger partial charge in [0.05, 0.1) is 11.8 Å². The predicted molar refractivity (Wildman–Crippen MR) is 412 cm³/mol. The molecule has 91 heavy (non-hydrogen) atoms. The molecule has 0 unspecified atom stereocenters. The summed E-state index contributed by atoms with van der Waals surface area (Å²) in [7, 11) is 7.26. The second-order valence-electron chi connectivity index (χ2n) is 20.8. The van der Waals surface area contributed by atoms with Crippen molar-refractivity contribution in [3.8, 4) is 0 Å². The monoisotopic (exact) mass is 1300 g/mol. The minimum atomic E-state index is 0.0185. The van der Waals surface area contributed by atoms with E-state index in [-0.39, 0.29) is 5.69 Å². The Morgan fingerprint density at radius 2 is 0.813 bits per heavy atom. The third-order valence-corrected chi connectivity index (χ3v) is 7.06. The fourth-order valence-electron chi connectivity index (χ4n) is 3.48. The van der Waals surface area contributed by atoms with Crippen molar-refractivity contribution >= 4 is 11.3 Å². The van der Waals surface area contributed by atoms with Crippen molar-refractivity contribution in [2.45, 2.75) is 274 Å². The van der Waals surface area contributed by atoms with Gasteiger partial charge in [0, 0.05) is 119 Å². The lowest BCUT2D eigenvalue weighted by Crippen LogP contribution is -2.18. The smallest absolute Gasteiger partial charge is 0.327 e. The molecule has 1 aliphatic heterocycles. The van der Waals surface area contributed by atoms with Crippen LogP contribution in [0.2, 0.25) is 0 Å². The predicted octanol–water partition coefficient (Wildman–Crippen LogP) is 23.3. The van der Waals surface area contributed by atoms with Crippen molar-refractivity contribution in [3.05, 3.63) is 151 Å². The van der Waals surface area contributed by atoms with E-state index in [0.29, 0.717) is 18.1 Å². The topological polar surface area (TPSA) is 152 Å². The summed E-state index contributed by atoms with van der Waals surface area (Å²) in [6.07, 6.45) is 28.9. The SMILES string of the molecule is CC.CC.CC.CC.CC.CC.CC.CC.CC(C)C.CC(C)C.CC(C)C.CC(C)C.CC(C)C.CC(C)n1cccn1.CC(C)n1ccnc1.CC(C)n1cncn1.C[N+]1=NCC=C1.Cn1cccn1.Cn1ccn(C)c1=O.c1ccncc1.c1cscn1. The molecule has 7 aromatic rings. The Morgan fingerprint density at radius 3 is 0.934 bits per heavy atom. The molecular weight excluding hydrogens is 1150 g/mol. The molecule has 17 heteroatoms. The van der Waals surface area contributed by atoms with Crippen molar-refractivity contribution in [2.75, 3.05) is 13.6 Å². The van der Waals surface area contributed by atoms with Crippen LogP contribution in [0.3, 0.4) is 0 Å². The molecule has 7 aromatic heterocycles. The maximum atomic E-state index is 10.7. The number of imidazole rings is 2. The molecule has 0 fully saturated rings. The number of nitrogens with zero attached hydrogens (tertiary/aromatic N) is 15. The van der Waals surface area contributed by atoms with Crippen LogP contribution in [-0.2, 0) is 21.1 Å². The number of thiazole rings is 1. The molecule has 0 amide bonds. The van der Waals surface area contributed by atoms with Crippen LogP contribution in [0.1, 0.15) is 274 Å². The minimum Gasteiger partial charge on any atom is -0.335 e. The molecule has 0 N–H and O–H groups in total. The van der Waals surface area contributed by atoms with Crippen LogP contribution in [0.5, 0.6) is 0 Å². The summed E-state index contributed by atoms with van der Waals surface area (Å²) in [5.41, 5.74) is 1.81. The lowest BCUT2D eigenvalue weighted by atomic mass is 10.3. The highest BCUT2D eigenvalue weighted by molar-refractivity contribution is 7.07. The highest BCUT2D eigenvalue weighted by atomic mass is 32.1. The summed E-state index contributed by atoms with van der Waals surface area (Å²) >= 11 is 1.60. The standard InChI is InChI=1S/2C6H10N2.C5H9N3.C5H8N2O.C5H5N.C4H7N2.C4H6N2.5C4H10.C3H3NS.8C2H6/c1-6(2)8-4-3-7-5-8;1-6(2)8-5-3-4-7-8;1-5(2)8-4-6-3-7-8;1-6-3-4-7(2)5(6)8;1-2-4-6-5-3-1;2*1-6-4-2-3-5-6;5*1-4(2)3;1-2-5-3-4-1;8*1-2/h2*3-6H,1-2H3;3-5H,1-2H3;3-4H,1-2H3;1-5H;2,4H,3H2,1H3;2-4H,1H3;5*4H,1-3H3;1-3H;8*1-2H3/q;;;;;+1;;;;;;;;;;;;;;;. The van der Waals surface area contributed by atoms with E-state index >= 15 is 0 Å². The third kappa shape index (κ3) is 134. The highest BCUT2D eigenvalue weighted by Gasteiger charge is 1.95. The fourth-order valence-corrected chi connectivity index (χ4v) is 3.83. The Labute approximate surface area is 571 Å². The van der Waals surface area contributed by atoms with Gasteiger partial charge in [0.1, 0.15) is 19.2 Å². The van der Waals surface area contributed by atoms with E-state index in [1.807, 2.05) is 202 Å². The minimum absolute atomic E-state index is 0.0185. The number of rotatable bonds is 3. The lowest BCUT2D eigenvalue weighted by Gasteiger charge is -2.02. The average molecular weight is 1300 g/mol. The quantitative estimate of drug-likeness (QED) is 0.159. The van der Waals surface area contributed by atoms with Crippen LogP contribution in [0.4, 0.5) is 0 Å². The maximum absolute atomic E-state index is 10.7.